The number of benzene rings is 2. The molecule has 0 saturated heterocycles. The highest BCUT2D eigenvalue weighted by Gasteiger charge is 2.15. The van der Waals surface area contributed by atoms with Crippen LogP contribution < -0.4 is 5.32 Å². The Bertz CT molecular complexity index is 790. The van der Waals surface area contributed by atoms with Gasteiger partial charge in [-0.2, -0.15) is 0 Å². The van der Waals surface area contributed by atoms with Crippen LogP contribution in [0.25, 0.3) is 22.5 Å². The second-order valence-electron chi connectivity index (χ2n) is 6.34. The molecule has 1 aromatic heterocycles. The van der Waals surface area contributed by atoms with E-state index in [1.165, 1.54) is 11.8 Å². The number of hydrogen-bond donors (Lipinski definition) is 2. The summed E-state index contributed by atoms with van der Waals surface area (Å²) in [6, 6.07) is 20.3. The third-order valence-electron chi connectivity index (χ3n) is 4.23. The van der Waals surface area contributed by atoms with Crippen molar-refractivity contribution in [1.82, 2.24) is 15.3 Å². The fourth-order valence-corrected chi connectivity index (χ4v) is 3.53. The Morgan fingerprint density at radius 1 is 1.00 bits per heavy atom. The smallest absolute Gasteiger partial charge is 0.230 e. The van der Waals surface area contributed by atoms with Gasteiger partial charge in [0.15, 0.2) is 5.16 Å². The first-order valence-corrected chi connectivity index (χ1v) is 10.4. The van der Waals surface area contributed by atoms with Crippen molar-refractivity contribution < 1.29 is 4.79 Å². The van der Waals surface area contributed by atoms with E-state index in [4.69, 9.17) is 4.98 Å². The van der Waals surface area contributed by atoms with Gasteiger partial charge in [-0.3, -0.25) is 4.79 Å². The topological polar surface area (TPSA) is 57.8 Å². The molecule has 5 heteroatoms. The van der Waals surface area contributed by atoms with Crippen molar-refractivity contribution in [2.45, 2.75) is 31.3 Å². The molecule has 0 radical (unpaired) electrons. The van der Waals surface area contributed by atoms with E-state index in [1.54, 1.807) is 0 Å². The molecule has 0 bridgehead atoms. The summed E-state index contributed by atoms with van der Waals surface area (Å²) in [4.78, 5) is 20.2. The number of hydrogen-bond acceptors (Lipinski definition) is 3. The zero-order chi connectivity index (χ0) is 18.9. The summed E-state index contributed by atoms with van der Waals surface area (Å²) >= 11 is 1.44. The maximum absolute atomic E-state index is 12.0. The van der Waals surface area contributed by atoms with E-state index in [0.717, 1.165) is 53.5 Å². The van der Waals surface area contributed by atoms with Crippen LogP contribution in [0.4, 0.5) is 0 Å². The molecular formula is C22H25N3OS. The molecular weight excluding hydrogens is 354 g/mol. The number of carbonyl (C=O) groups excluding carboxylic acids is 1. The Hall–Kier alpha value is -2.53. The van der Waals surface area contributed by atoms with Crippen molar-refractivity contribution >= 4 is 17.7 Å². The van der Waals surface area contributed by atoms with Crippen LogP contribution in [-0.2, 0) is 4.79 Å². The number of amides is 1. The first kappa shape index (κ1) is 19.2. The third kappa shape index (κ3) is 5.47. The van der Waals surface area contributed by atoms with E-state index < -0.39 is 0 Å². The van der Waals surface area contributed by atoms with Gasteiger partial charge in [-0.05, 0) is 6.42 Å². The predicted molar refractivity (Wildman–Crippen MR) is 113 cm³/mol. The molecule has 3 aromatic rings. The van der Waals surface area contributed by atoms with Crippen molar-refractivity contribution in [3.05, 3.63) is 60.7 Å². The molecule has 0 spiro atoms. The molecule has 3 rings (SSSR count). The minimum atomic E-state index is 0.0509. The molecule has 0 atom stereocenters. The van der Waals surface area contributed by atoms with Crippen LogP contribution in [0.2, 0.25) is 0 Å². The molecule has 1 heterocycles. The van der Waals surface area contributed by atoms with E-state index in [2.05, 4.69) is 41.5 Å². The fraction of sp³-hybridized carbons (Fsp3) is 0.273. The minimum absolute atomic E-state index is 0.0509. The molecule has 0 aliphatic heterocycles. The quantitative estimate of drug-likeness (QED) is 0.400. The van der Waals surface area contributed by atoms with Gasteiger partial charge < -0.3 is 10.3 Å². The summed E-state index contributed by atoms with van der Waals surface area (Å²) in [6.07, 6.45) is 3.33. The highest BCUT2D eigenvalue weighted by atomic mass is 32.2. The zero-order valence-electron chi connectivity index (χ0n) is 15.6. The summed E-state index contributed by atoms with van der Waals surface area (Å²) in [7, 11) is 0. The lowest BCUT2D eigenvalue weighted by molar-refractivity contribution is -0.118. The molecule has 0 fully saturated rings. The number of aromatic nitrogens is 2. The number of carbonyl (C=O) groups is 1. The predicted octanol–water partition coefficient (Wildman–Crippen LogP) is 5.14. The van der Waals surface area contributed by atoms with E-state index in [1.807, 2.05) is 36.4 Å². The summed E-state index contributed by atoms with van der Waals surface area (Å²) < 4.78 is 0. The molecule has 0 unspecified atom stereocenters. The van der Waals surface area contributed by atoms with Crippen molar-refractivity contribution in [3.8, 4) is 22.5 Å². The Kier molecular flexibility index (Phi) is 7.11. The molecule has 0 saturated carbocycles. The van der Waals surface area contributed by atoms with Gasteiger partial charge >= 0.3 is 0 Å². The number of thioether (sulfide) groups is 1. The van der Waals surface area contributed by atoms with E-state index in [9.17, 15) is 4.79 Å². The van der Waals surface area contributed by atoms with Crippen LogP contribution >= 0.6 is 11.8 Å². The van der Waals surface area contributed by atoms with Crippen molar-refractivity contribution in [3.63, 3.8) is 0 Å². The van der Waals surface area contributed by atoms with Crippen LogP contribution in [0.15, 0.2) is 65.8 Å². The Labute approximate surface area is 164 Å². The van der Waals surface area contributed by atoms with Crippen molar-refractivity contribution in [2.75, 3.05) is 12.3 Å². The SMILES string of the molecule is CCCCCNC(=O)CSc1nc(-c2ccccc2)c(-c2ccccc2)[nH]1. The number of imidazole rings is 1. The number of unbranched alkanes of at least 4 members (excludes halogenated alkanes) is 2. The lowest BCUT2D eigenvalue weighted by Gasteiger charge is -2.03. The molecule has 0 aliphatic carbocycles. The van der Waals surface area contributed by atoms with Gasteiger partial charge in [-0.25, -0.2) is 4.98 Å². The molecule has 4 nitrogen and oxygen atoms in total. The highest BCUT2D eigenvalue weighted by molar-refractivity contribution is 7.99. The van der Waals surface area contributed by atoms with Gasteiger partial charge in [-0.1, -0.05) is 92.2 Å². The summed E-state index contributed by atoms with van der Waals surface area (Å²) in [5.41, 5.74) is 4.03. The van der Waals surface area contributed by atoms with E-state index >= 15 is 0 Å². The summed E-state index contributed by atoms with van der Waals surface area (Å²) in [5.74, 6) is 0.414. The van der Waals surface area contributed by atoms with Gasteiger partial charge in [0.2, 0.25) is 5.91 Å². The molecule has 0 aliphatic rings. The van der Waals surface area contributed by atoms with E-state index in [-0.39, 0.29) is 5.91 Å². The van der Waals surface area contributed by atoms with Crippen LogP contribution in [0.1, 0.15) is 26.2 Å². The average molecular weight is 380 g/mol. The number of aromatic amines is 1. The molecule has 27 heavy (non-hydrogen) atoms. The normalized spacial score (nSPS) is 10.7. The largest absolute Gasteiger partial charge is 0.355 e. The minimum Gasteiger partial charge on any atom is -0.355 e. The number of H-pyrrole nitrogens is 1. The zero-order valence-corrected chi connectivity index (χ0v) is 16.4. The maximum Gasteiger partial charge on any atom is 0.230 e. The lowest BCUT2D eigenvalue weighted by Crippen LogP contribution is -2.26. The van der Waals surface area contributed by atoms with Gasteiger partial charge in [0.1, 0.15) is 0 Å². The Morgan fingerprint density at radius 2 is 1.67 bits per heavy atom. The second-order valence-corrected chi connectivity index (χ2v) is 7.31. The monoisotopic (exact) mass is 379 g/mol. The van der Waals surface area contributed by atoms with Crippen molar-refractivity contribution in [1.29, 1.82) is 0 Å². The molecule has 140 valence electrons. The number of nitrogens with one attached hydrogen (secondary N) is 2. The lowest BCUT2D eigenvalue weighted by atomic mass is 10.1. The van der Waals surface area contributed by atoms with E-state index in [0.29, 0.717) is 5.75 Å². The van der Waals surface area contributed by atoms with Gasteiger partial charge in [0, 0.05) is 17.7 Å². The van der Waals surface area contributed by atoms with Crippen LogP contribution in [0.5, 0.6) is 0 Å². The first-order valence-electron chi connectivity index (χ1n) is 9.38. The van der Waals surface area contributed by atoms with Crippen LogP contribution in [0, 0.1) is 0 Å². The van der Waals surface area contributed by atoms with Crippen molar-refractivity contribution in [2.24, 2.45) is 0 Å². The van der Waals surface area contributed by atoms with Crippen LogP contribution in [-0.4, -0.2) is 28.2 Å². The summed E-state index contributed by atoms with van der Waals surface area (Å²) in [6.45, 7) is 2.90. The van der Waals surface area contributed by atoms with Gasteiger partial charge in [-0.15, -0.1) is 0 Å². The molecule has 1 amide bonds. The first-order chi connectivity index (χ1) is 13.3. The molecule has 2 N–H and O–H groups in total. The van der Waals surface area contributed by atoms with Crippen LogP contribution in [0.3, 0.4) is 0 Å². The van der Waals surface area contributed by atoms with Gasteiger partial charge in [0.05, 0.1) is 17.1 Å². The number of rotatable bonds is 9. The standard InChI is InChI=1S/C22H25N3OS/c1-2-3-10-15-23-19(26)16-27-22-24-20(17-11-6-4-7-12-17)21(25-22)18-13-8-5-9-14-18/h4-9,11-14H,2-3,10,15-16H2,1H3,(H,23,26)(H,24,25). The fourth-order valence-electron chi connectivity index (χ4n) is 2.83. The Balaban J connectivity index is 1.73. The molecule has 2 aromatic carbocycles. The maximum atomic E-state index is 12.0. The summed E-state index contributed by atoms with van der Waals surface area (Å²) in [5, 5.41) is 3.73. The average Bonchev–Trinajstić information content (AvgIpc) is 3.15. The number of nitrogens with zero attached hydrogens (tertiary/aromatic N) is 1. The van der Waals surface area contributed by atoms with Gasteiger partial charge in [0.25, 0.3) is 0 Å². The Morgan fingerprint density at radius 3 is 2.33 bits per heavy atom. The third-order valence-corrected chi connectivity index (χ3v) is 5.11. The highest BCUT2D eigenvalue weighted by Crippen LogP contribution is 2.32. The second kappa shape index (κ2) is 9.97.